The number of para-hydroxylation sites is 2. The number of phenolic OH excluding ortho intramolecular Hbond substituents is 1. The molecule has 5 nitrogen and oxygen atoms in total. The standard InChI is InChI=1S/C14H10BrN3O2/c15-10-5-6-12(19)9(7-10)8-16-18-14-17-11-3-1-2-4-13(11)20-14/h1-8,19H,(H,17,18)/b16-8+. The largest absolute Gasteiger partial charge is 0.507 e. The minimum Gasteiger partial charge on any atom is -0.507 e. The summed E-state index contributed by atoms with van der Waals surface area (Å²) in [4.78, 5) is 4.22. The molecule has 0 aliphatic rings. The number of nitrogens with zero attached hydrogens (tertiary/aromatic N) is 2. The number of nitrogens with one attached hydrogen (secondary N) is 1. The predicted molar refractivity (Wildman–Crippen MR) is 81.0 cm³/mol. The molecule has 0 aliphatic heterocycles. The maximum atomic E-state index is 9.67. The van der Waals surface area contributed by atoms with E-state index < -0.39 is 0 Å². The van der Waals surface area contributed by atoms with Crippen LogP contribution in [-0.4, -0.2) is 16.3 Å². The molecule has 0 bridgehead atoms. The molecule has 2 N–H and O–H groups in total. The summed E-state index contributed by atoms with van der Waals surface area (Å²) in [5.41, 5.74) is 4.73. The molecule has 100 valence electrons. The van der Waals surface area contributed by atoms with Crippen molar-refractivity contribution in [2.75, 3.05) is 5.43 Å². The third-order valence-corrected chi connectivity index (χ3v) is 3.14. The summed E-state index contributed by atoms with van der Waals surface area (Å²) < 4.78 is 6.31. The van der Waals surface area contributed by atoms with E-state index in [-0.39, 0.29) is 5.75 Å². The van der Waals surface area contributed by atoms with Crippen molar-refractivity contribution in [1.82, 2.24) is 4.98 Å². The van der Waals surface area contributed by atoms with Gasteiger partial charge < -0.3 is 9.52 Å². The lowest BCUT2D eigenvalue weighted by atomic mass is 10.2. The number of hydrogen-bond acceptors (Lipinski definition) is 5. The van der Waals surface area contributed by atoms with E-state index in [4.69, 9.17) is 4.42 Å². The van der Waals surface area contributed by atoms with Crippen molar-refractivity contribution in [2.24, 2.45) is 5.10 Å². The molecule has 20 heavy (non-hydrogen) atoms. The molecule has 1 aromatic heterocycles. The Morgan fingerprint density at radius 1 is 1.25 bits per heavy atom. The molecule has 0 spiro atoms. The smallest absolute Gasteiger partial charge is 0.316 e. The number of oxazole rings is 1. The van der Waals surface area contributed by atoms with E-state index in [1.54, 1.807) is 18.2 Å². The van der Waals surface area contributed by atoms with Crippen LogP contribution in [0.1, 0.15) is 5.56 Å². The van der Waals surface area contributed by atoms with E-state index >= 15 is 0 Å². The van der Waals surface area contributed by atoms with E-state index in [0.29, 0.717) is 17.2 Å². The van der Waals surface area contributed by atoms with Crippen molar-refractivity contribution in [2.45, 2.75) is 0 Å². The maximum absolute atomic E-state index is 9.67. The Hall–Kier alpha value is -2.34. The number of halogens is 1. The van der Waals surface area contributed by atoms with Crippen LogP contribution < -0.4 is 5.43 Å². The fourth-order valence-electron chi connectivity index (χ4n) is 1.71. The average Bonchev–Trinajstić information content (AvgIpc) is 2.85. The molecular weight excluding hydrogens is 322 g/mol. The monoisotopic (exact) mass is 331 g/mol. The Morgan fingerprint density at radius 3 is 2.95 bits per heavy atom. The van der Waals surface area contributed by atoms with Gasteiger partial charge in [0, 0.05) is 10.0 Å². The van der Waals surface area contributed by atoms with Gasteiger partial charge in [0.05, 0.1) is 6.21 Å². The molecule has 1 heterocycles. The van der Waals surface area contributed by atoms with Gasteiger partial charge in [0.25, 0.3) is 0 Å². The maximum Gasteiger partial charge on any atom is 0.316 e. The number of fused-ring (bicyclic) bond motifs is 1. The minimum absolute atomic E-state index is 0.149. The summed E-state index contributed by atoms with van der Waals surface area (Å²) in [6, 6.07) is 12.8. The molecule has 0 amide bonds. The zero-order valence-electron chi connectivity index (χ0n) is 10.2. The van der Waals surface area contributed by atoms with Crippen LogP contribution in [0.2, 0.25) is 0 Å². The second-order valence-electron chi connectivity index (χ2n) is 4.06. The fourth-order valence-corrected chi connectivity index (χ4v) is 2.08. The molecule has 0 radical (unpaired) electrons. The number of rotatable bonds is 3. The Labute approximate surface area is 123 Å². The van der Waals surface area contributed by atoms with Gasteiger partial charge in [0.2, 0.25) is 0 Å². The molecule has 0 saturated carbocycles. The van der Waals surface area contributed by atoms with Crippen LogP contribution in [0, 0.1) is 0 Å². The Kier molecular flexibility index (Phi) is 3.39. The van der Waals surface area contributed by atoms with Crippen molar-refractivity contribution in [1.29, 1.82) is 0 Å². The Bertz CT molecular complexity index is 750. The van der Waals surface area contributed by atoms with Crippen molar-refractivity contribution < 1.29 is 9.52 Å². The first kappa shape index (κ1) is 12.7. The average molecular weight is 332 g/mol. The third-order valence-electron chi connectivity index (χ3n) is 2.65. The van der Waals surface area contributed by atoms with E-state index in [1.165, 1.54) is 6.21 Å². The number of phenols is 1. The van der Waals surface area contributed by atoms with Crippen LogP contribution in [0.15, 0.2) is 56.5 Å². The summed E-state index contributed by atoms with van der Waals surface area (Å²) in [6.07, 6.45) is 1.50. The van der Waals surface area contributed by atoms with Gasteiger partial charge in [0.1, 0.15) is 11.3 Å². The third kappa shape index (κ3) is 2.65. The molecule has 0 atom stereocenters. The van der Waals surface area contributed by atoms with Crippen LogP contribution >= 0.6 is 15.9 Å². The molecule has 3 aromatic rings. The molecule has 0 saturated heterocycles. The van der Waals surface area contributed by atoms with Crippen LogP contribution in [-0.2, 0) is 0 Å². The number of hydrogen-bond donors (Lipinski definition) is 2. The van der Waals surface area contributed by atoms with E-state index in [1.807, 2.05) is 24.3 Å². The highest BCUT2D eigenvalue weighted by Gasteiger charge is 2.03. The van der Waals surface area contributed by atoms with Crippen molar-refractivity contribution in [3.63, 3.8) is 0 Å². The quantitative estimate of drug-likeness (QED) is 0.566. The van der Waals surface area contributed by atoms with Crippen LogP contribution in [0.4, 0.5) is 6.01 Å². The van der Waals surface area contributed by atoms with Gasteiger partial charge >= 0.3 is 6.01 Å². The number of anilines is 1. The normalized spacial score (nSPS) is 11.2. The highest BCUT2D eigenvalue weighted by atomic mass is 79.9. The number of benzene rings is 2. The lowest BCUT2D eigenvalue weighted by Gasteiger charge is -1.98. The number of hydrazone groups is 1. The van der Waals surface area contributed by atoms with Crippen LogP contribution in [0.3, 0.4) is 0 Å². The first-order chi connectivity index (χ1) is 9.72. The predicted octanol–water partition coefficient (Wildman–Crippen LogP) is 3.74. The van der Waals surface area contributed by atoms with Gasteiger partial charge in [-0.15, -0.1) is 0 Å². The molecule has 0 unspecified atom stereocenters. The van der Waals surface area contributed by atoms with Gasteiger partial charge in [0.15, 0.2) is 5.58 Å². The highest BCUT2D eigenvalue weighted by molar-refractivity contribution is 9.10. The second-order valence-corrected chi connectivity index (χ2v) is 4.98. The van der Waals surface area contributed by atoms with Crippen molar-refractivity contribution >= 4 is 39.3 Å². The van der Waals surface area contributed by atoms with Gasteiger partial charge in [-0.3, -0.25) is 0 Å². The molecule has 3 rings (SSSR count). The zero-order valence-corrected chi connectivity index (χ0v) is 11.8. The minimum atomic E-state index is 0.149. The topological polar surface area (TPSA) is 70.7 Å². The first-order valence-electron chi connectivity index (χ1n) is 5.85. The van der Waals surface area contributed by atoms with Gasteiger partial charge in [-0.1, -0.05) is 28.1 Å². The van der Waals surface area contributed by atoms with E-state index in [0.717, 1.165) is 9.99 Å². The highest BCUT2D eigenvalue weighted by Crippen LogP contribution is 2.21. The molecule has 0 fully saturated rings. The summed E-state index contributed by atoms with van der Waals surface area (Å²) in [5.74, 6) is 0.149. The second kappa shape index (κ2) is 5.34. The van der Waals surface area contributed by atoms with Crippen molar-refractivity contribution in [3.05, 3.63) is 52.5 Å². The SMILES string of the molecule is Oc1ccc(Br)cc1/C=N/Nc1nc2ccccc2o1. The summed E-state index contributed by atoms with van der Waals surface area (Å²) in [7, 11) is 0. The Morgan fingerprint density at radius 2 is 2.10 bits per heavy atom. The number of aromatic nitrogens is 1. The zero-order chi connectivity index (χ0) is 13.9. The Balaban J connectivity index is 1.78. The van der Waals surface area contributed by atoms with E-state index in [9.17, 15) is 5.11 Å². The van der Waals surface area contributed by atoms with Gasteiger partial charge in [-0.2, -0.15) is 10.1 Å². The molecule has 2 aromatic carbocycles. The summed E-state index contributed by atoms with van der Waals surface area (Å²) in [5, 5.41) is 13.7. The lowest BCUT2D eigenvalue weighted by molar-refractivity contribution is 0.474. The number of aromatic hydroxyl groups is 1. The molecule has 6 heteroatoms. The van der Waals surface area contributed by atoms with Crippen molar-refractivity contribution in [3.8, 4) is 5.75 Å². The summed E-state index contributed by atoms with van der Waals surface area (Å²) in [6.45, 7) is 0. The van der Waals surface area contributed by atoms with E-state index in [2.05, 4.69) is 31.4 Å². The lowest BCUT2D eigenvalue weighted by Crippen LogP contribution is -1.91. The summed E-state index contributed by atoms with van der Waals surface area (Å²) >= 11 is 3.33. The van der Waals surface area contributed by atoms with Gasteiger partial charge in [-0.05, 0) is 30.3 Å². The molecular formula is C14H10BrN3O2. The first-order valence-corrected chi connectivity index (χ1v) is 6.65. The van der Waals surface area contributed by atoms with Crippen LogP contribution in [0.25, 0.3) is 11.1 Å². The fraction of sp³-hybridized carbons (Fsp3) is 0. The van der Waals surface area contributed by atoms with Crippen LogP contribution in [0.5, 0.6) is 5.75 Å². The molecule has 0 aliphatic carbocycles. The van der Waals surface area contributed by atoms with Gasteiger partial charge in [-0.25, -0.2) is 5.43 Å².